The number of guanidine groups is 1. The molecule has 0 unspecified atom stereocenters. The molecule has 1 saturated carbocycles. The van der Waals surface area contributed by atoms with Gasteiger partial charge in [-0.05, 0) is 42.9 Å². The highest BCUT2D eigenvalue weighted by atomic mass is 16.5. The van der Waals surface area contributed by atoms with Crippen LogP contribution in [0.4, 0.5) is 0 Å². The monoisotopic (exact) mass is 305 g/mol. The number of methoxy groups -OCH3 is 2. The third-order valence-corrected chi connectivity index (χ3v) is 4.00. The molecular weight excluding hydrogens is 278 g/mol. The summed E-state index contributed by atoms with van der Waals surface area (Å²) < 4.78 is 10.6. The van der Waals surface area contributed by atoms with Gasteiger partial charge in [-0.25, -0.2) is 0 Å². The maximum atomic E-state index is 5.35. The predicted molar refractivity (Wildman–Crippen MR) is 90.0 cm³/mol. The Bertz CT molecular complexity index is 513. The smallest absolute Gasteiger partial charge is 0.193 e. The maximum absolute atomic E-state index is 5.35. The lowest BCUT2D eigenvalue weighted by Gasteiger charge is -2.22. The molecule has 0 radical (unpaired) electrons. The number of aliphatic imine (C=N–C) groups is 1. The third-order valence-electron chi connectivity index (χ3n) is 4.00. The highest BCUT2D eigenvalue weighted by Crippen LogP contribution is 2.28. The normalized spacial score (nSPS) is 14.6. The Morgan fingerprint density at radius 3 is 2.59 bits per heavy atom. The van der Waals surface area contributed by atoms with E-state index in [1.807, 2.05) is 19.2 Å². The van der Waals surface area contributed by atoms with Crippen molar-refractivity contribution in [3.05, 3.63) is 23.8 Å². The molecule has 0 heterocycles. The minimum Gasteiger partial charge on any atom is -0.493 e. The molecular formula is C17H27N3O2. The van der Waals surface area contributed by atoms with Crippen LogP contribution >= 0.6 is 0 Å². The number of nitrogens with zero attached hydrogens (tertiary/aromatic N) is 2. The third kappa shape index (κ3) is 4.55. The predicted octanol–water partition coefficient (Wildman–Crippen LogP) is 2.16. The molecule has 0 aromatic heterocycles. The van der Waals surface area contributed by atoms with Gasteiger partial charge in [0.2, 0.25) is 0 Å². The molecule has 1 N–H and O–H groups in total. The Balaban J connectivity index is 1.87. The zero-order valence-corrected chi connectivity index (χ0v) is 14.1. The molecule has 22 heavy (non-hydrogen) atoms. The molecule has 1 fully saturated rings. The van der Waals surface area contributed by atoms with Crippen LogP contribution in [0.5, 0.6) is 11.5 Å². The van der Waals surface area contributed by atoms with E-state index in [0.29, 0.717) is 0 Å². The fraction of sp³-hybridized carbons (Fsp3) is 0.588. The van der Waals surface area contributed by atoms with Gasteiger partial charge in [0.1, 0.15) is 0 Å². The van der Waals surface area contributed by atoms with Gasteiger partial charge < -0.3 is 19.7 Å². The molecule has 0 spiro atoms. The first kappa shape index (κ1) is 16.5. The summed E-state index contributed by atoms with van der Waals surface area (Å²) in [5.74, 6) is 3.35. The van der Waals surface area contributed by atoms with E-state index in [4.69, 9.17) is 9.47 Å². The molecule has 2 rings (SSSR count). The summed E-state index contributed by atoms with van der Waals surface area (Å²) in [6.45, 7) is 1.94. The summed E-state index contributed by atoms with van der Waals surface area (Å²) in [4.78, 5) is 6.51. The minimum absolute atomic E-state index is 0.765. The first-order valence-electron chi connectivity index (χ1n) is 7.80. The van der Waals surface area contributed by atoms with Crippen LogP contribution in [0.1, 0.15) is 18.4 Å². The fourth-order valence-corrected chi connectivity index (χ4v) is 2.38. The van der Waals surface area contributed by atoms with Crippen molar-refractivity contribution < 1.29 is 9.47 Å². The zero-order valence-electron chi connectivity index (χ0n) is 14.1. The van der Waals surface area contributed by atoms with Crippen molar-refractivity contribution in [2.75, 3.05) is 41.4 Å². The molecule has 0 amide bonds. The fourth-order valence-electron chi connectivity index (χ4n) is 2.38. The SMILES string of the molecule is CN=C(NCC1CC1)N(C)CCc1ccc(OC)c(OC)c1. The van der Waals surface area contributed by atoms with Crippen LogP contribution < -0.4 is 14.8 Å². The van der Waals surface area contributed by atoms with Crippen molar-refractivity contribution in [3.8, 4) is 11.5 Å². The Kier molecular flexibility index (Phi) is 5.92. The number of rotatable bonds is 7. The first-order chi connectivity index (χ1) is 10.7. The molecule has 0 saturated heterocycles. The number of ether oxygens (including phenoxy) is 2. The van der Waals surface area contributed by atoms with E-state index >= 15 is 0 Å². The quantitative estimate of drug-likeness (QED) is 0.619. The van der Waals surface area contributed by atoms with E-state index in [0.717, 1.165) is 42.9 Å². The minimum atomic E-state index is 0.765. The van der Waals surface area contributed by atoms with Crippen LogP contribution in [0.25, 0.3) is 0 Å². The number of hydrogen-bond donors (Lipinski definition) is 1. The summed E-state index contributed by atoms with van der Waals surface area (Å²) in [5, 5.41) is 3.44. The van der Waals surface area contributed by atoms with Crippen LogP contribution in [0.3, 0.4) is 0 Å². The van der Waals surface area contributed by atoms with Crippen LogP contribution in [-0.2, 0) is 6.42 Å². The summed E-state index contributed by atoms with van der Waals surface area (Å²) in [6, 6.07) is 6.07. The van der Waals surface area contributed by atoms with Gasteiger partial charge in [0.15, 0.2) is 17.5 Å². The summed E-state index contributed by atoms with van der Waals surface area (Å²) >= 11 is 0. The largest absolute Gasteiger partial charge is 0.493 e. The van der Waals surface area contributed by atoms with Crippen LogP contribution in [0, 0.1) is 5.92 Å². The highest BCUT2D eigenvalue weighted by Gasteiger charge is 2.21. The van der Waals surface area contributed by atoms with Gasteiger partial charge in [-0.2, -0.15) is 0 Å². The molecule has 1 aliphatic rings. The molecule has 5 nitrogen and oxygen atoms in total. The van der Waals surface area contributed by atoms with E-state index in [-0.39, 0.29) is 0 Å². The van der Waals surface area contributed by atoms with Gasteiger partial charge in [0.25, 0.3) is 0 Å². The second-order valence-corrected chi connectivity index (χ2v) is 5.73. The molecule has 0 aliphatic heterocycles. The Hall–Kier alpha value is -1.91. The highest BCUT2D eigenvalue weighted by molar-refractivity contribution is 5.79. The summed E-state index contributed by atoms with van der Waals surface area (Å²) in [5.41, 5.74) is 1.22. The van der Waals surface area contributed by atoms with Crippen LogP contribution in [-0.4, -0.2) is 52.3 Å². The molecule has 1 aromatic carbocycles. The van der Waals surface area contributed by atoms with Gasteiger partial charge in [0, 0.05) is 27.2 Å². The van der Waals surface area contributed by atoms with E-state index in [9.17, 15) is 0 Å². The van der Waals surface area contributed by atoms with E-state index in [1.54, 1.807) is 14.2 Å². The van der Waals surface area contributed by atoms with Gasteiger partial charge in [0.05, 0.1) is 14.2 Å². The molecule has 122 valence electrons. The Morgan fingerprint density at radius 1 is 1.27 bits per heavy atom. The van der Waals surface area contributed by atoms with Gasteiger partial charge >= 0.3 is 0 Å². The van der Waals surface area contributed by atoms with Gasteiger partial charge in [-0.1, -0.05) is 6.07 Å². The number of benzene rings is 1. The lowest BCUT2D eigenvalue weighted by molar-refractivity contribution is 0.354. The van der Waals surface area contributed by atoms with Gasteiger partial charge in [-0.15, -0.1) is 0 Å². The number of nitrogens with one attached hydrogen (secondary N) is 1. The van der Waals surface area contributed by atoms with E-state index < -0.39 is 0 Å². The van der Waals surface area contributed by atoms with Crippen molar-refractivity contribution in [1.82, 2.24) is 10.2 Å². The van der Waals surface area contributed by atoms with Crippen molar-refractivity contribution in [1.29, 1.82) is 0 Å². The van der Waals surface area contributed by atoms with Crippen molar-refractivity contribution in [3.63, 3.8) is 0 Å². The second-order valence-electron chi connectivity index (χ2n) is 5.73. The van der Waals surface area contributed by atoms with E-state index in [2.05, 4.69) is 28.3 Å². The molecule has 1 aromatic rings. The van der Waals surface area contributed by atoms with Crippen molar-refractivity contribution >= 4 is 5.96 Å². The lowest BCUT2D eigenvalue weighted by Crippen LogP contribution is -2.40. The standard InChI is InChI=1S/C17H27N3O2/c1-18-17(19-12-14-5-6-14)20(2)10-9-13-7-8-15(21-3)16(11-13)22-4/h7-8,11,14H,5-6,9-10,12H2,1-4H3,(H,18,19). The zero-order chi connectivity index (χ0) is 15.9. The maximum Gasteiger partial charge on any atom is 0.193 e. The average molecular weight is 305 g/mol. The summed E-state index contributed by atoms with van der Waals surface area (Å²) in [7, 11) is 7.23. The van der Waals surface area contributed by atoms with Crippen molar-refractivity contribution in [2.45, 2.75) is 19.3 Å². The molecule has 0 atom stereocenters. The van der Waals surface area contributed by atoms with Crippen LogP contribution in [0.2, 0.25) is 0 Å². The first-order valence-corrected chi connectivity index (χ1v) is 7.80. The Labute approximate surface area is 133 Å². The Morgan fingerprint density at radius 2 is 2.00 bits per heavy atom. The van der Waals surface area contributed by atoms with Crippen molar-refractivity contribution in [2.24, 2.45) is 10.9 Å². The van der Waals surface area contributed by atoms with E-state index in [1.165, 1.54) is 18.4 Å². The number of likely N-dealkylation sites (N-methyl/N-ethyl adjacent to an activating group) is 1. The van der Waals surface area contributed by atoms with Gasteiger partial charge in [-0.3, -0.25) is 4.99 Å². The second kappa shape index (κ2) is 7.92. The van der Waals surface area contributed by atoms with Crippen LogP contribution in [0.15, 0.2) is 23.2 Å². The average Bonchev–Trinajstić information content (AvgIpc) is 3.37. The molecule has 5 heteroatoms. The summed E-state index contributed by atoms with van der Waals surface area (Å²) in [6.07, 6.45) is 3.62. The molecule has 1 aliphatic carbocycles. The number of hydrogen-bond acceptors (Lipinski definition) is 3. The molecule has 0 bridgehead atoms. The topological polar surface area (TPSA) is 46.1 Å². The lowest BCUT2D eigenvalue weighted by atomic mass is 10.1.